The fraction of sp³-hybridized carbons (Fsp3) is 0.294. The summed E-state index contributed by atoms with van der Waals surface area (Å²) in [5, 5.41) is 10.6. The Morgan fingerprint density at radius 3 is 2.25 bits per heavy atom. The molecular weight excluding hydrogens is 275 g/mol. The number of halogens is 2. The van der Waals surface area contributed by atoms with Gasteiger partial charge in [0, 0.05) is 11.4 Å². The van der Waals surface area contributed by atoms with Gasteiger partial charge in [0.25, 0.3) is 0 Å². The van der Waals surface area contributed by atoms with Crippen LogP contribution in [0.4, 0.5) is 4.39 Å². The van der Waals surface area contributed by atoms with E-state index in [0.29, 0.717) is 12.0 Å². The average Bonchev–Trinajstić information content (AvgIpc) is 2.33. The second-order valence-corrected chi connectivity index (χ2v) is 5.67. The van der Waals surface area contributed by atoms with Crippen LogP contribution in [0.15, 0.2) is 30.3 Å². The molecule has 0 fully saturated rings. The number of aryl methyl sites for hydroxylation is 3. The van der Waals surface area contributed by atoms with E-state index in [1.165, 1.54) is 17.7 Å². The monoisotopic (exact) mass is 292 g/mol. The predicted octanol–water partition coefficient (Wildman–Crippen LogP) is 4.68. The van der Waals surface area contributed by atoms with Crippen LogP contribution in [0.1, 0.15) is 33.9 Å². The van der Waals surface area contributed by atoms with E-state index in [4.69, 9.17) is 11.6 Å². The molecule has 20 heavy (non-hydrogen) atoms. The van der Waals surface area contributed by atoms with Crippen LogP contribution < -0.4 is 0 Å². The van der Waals surface area contributed by atoms with Crippen molar-refractivity contribution in [3.05, 3.63) is 69.0 Å². The standard InChI is InChI=1S/C17H18ClFO/c1-10-6-11(2)15(12(3)7-10)9-17(20)14-5-4-13(19)8-16(14)18/h4-8,17,20H,9H2,1-3H3. The second kappa shape index (κ2) is 5.94. The first kappa shape index (κ1) is 15.0. The molecule has 0 bridgehead atoms. The molecule has 0 aliphatic rings. The third kappa shape index (κ3) is 3.20. The zero-order chi connectivity index (χ0) is 14.9. The Hall–Kier alpha value is -1.38. The second-order valence-electron chi connectivity index (χ2n) is 5.26. The Bertz CT molecular complexity index is 614. The lowest BCUT2D eigenvalue weighted by atomic mass is 9.93. The first-order valence-corrected chi connectivity index (χ1v) is 6.96. The normalized spacial score (nSPS) is 12.5. The first-order valence-electron chi connectivity index (χ1n) is 6.58. The lowest BCUT2D eigenvalue weighted by Crippen LogP contribution is -2.06. The van der Waals surface area contributed by atoms with Gasteiger partial charge in [-0.25, -0.2) is 4.39 Å². The van der Waals surface area contributed by atoms with Crippen molar-refractivity contribution >= 4 is 11.6 Å². The molecule has 2 rings (SSSR count). The number of aliphatic hydroxyl groups is 1. The van der Waals surface area contributed by atoms with Gasteiger partial charge in [-0.05, 0) is 55.2 Å². The highest BCUT2D eigenvalue weighted by molar-refractivity contribution is 6.31. The van der Waals surface area contributed by atoms with Gasteiger partial charge in [-0.1, -0.05) is 35.4 Å². The minimum Gasteiger partial charge on any atom is -0.388 e. The maximum Gasteiger partial charge on any atom is 0.124 e. The van der Waals surface area contributed by atoms with Gasteiger partial charge in [-0.2, -0.15) is 0 Å². The van der Waals surface area contributed by atoms with Crippen LogP contribution in [0.3, 0.4) is 0 Å². The fourth-order valence-corrected chi connectivity index (χ4v) is 2.90. The van der Waals surface area contributed by atoms with E-state index in [0.717, 1.165) is 16.7 Å². The molecule has 0 amide bonds. The van der Waals surface area contributed by atoms with Crippen LogP contribution in [0.5, 0.6) is 0 Å². The summed E-state index contributed by atoms with van der Waals surface area (Å²) in [5.74, 6) is -0.395. The largest absolute Gasteiger partial charge is 0.388 e. The molecule has 2 aromatic rings. The number of aliphatic hydroxyl groups excluding tert-OH is 1. The van der Waals surface area contributed by atoms with Crippen molar-refractivity contribution in [1.82, 2.24) is 0 Å². The summed E-state index contributed by atoms with van der Waals surface area (Å²) in [6.45, 7) is 6.12. The Morgan fingerprint density at radius 2 is 1.70 bits per heavy atom. The molecular formula is C17H18ClFO. The predicted molar refractivity (Wildman–Crippen MR) is 80.7 cm³/mol. The molecule has 0 aromatic heterocycles. The summed E-state index contributed by atoms with van der Waals surface area (Å²) in [4.78, 5) is 0. The van der Waals surface area contributed by atoms with E-state index < -0.39 is 11.9 Å². The molecule has 106 valence electrons. The molecule has 0 saturated carbocycles. The van der Waals surface area contributed by atoms with Crippen molar-refractivity contribution in [1.29, 1.82) is 0 Å². The van der Waals surface area contributed by atoms with Crippen molar-refractivity contribution in [2.24, 2.45) is 0 Å². The zero-order valence-electron chi connectivity index (χ0n) is 11.9. The Morgan fingerprint density at radius 1 is 1.10 bits per heavy atom. The third-order valence-corrected chi connectivity index (χ3v) is 3.89. The lowest BCUT2D eigenvalue weighted by molar-refractivity contribution is 0.178. The van der Waals surface area contributed by atoms with Crippen LogP contribution in [0.25, 0.3) is 0 Å². The van der Waals surface area contributed by atoms with Crippen LogP contribution >= 0.6 is 11.6 Å². The molecule has 0 spiro atoms. The summed E-state index contributed by atoms with van der Waals surface area (Å²) in [6.07, 6.45) is -0.258. The van der Waals surface area contributed by atoms with Crippen molar-refractivity contribution in [3.8, 4) is 0 Å². The highest BCUT2D eigenvalue weighted by atomic mass is 35.5. The molecule has 3 heteroatoms. The molecule has 1 N–H and O–H groups in total. The smallest absolute Gasteiger partial charge is 0.124 e. The highest BCUT2D eigenvalue weighted by Gasteiger charge is 2.15. The highest BCUT2D eigenvalue weighted by Crippen LogP contribution is 2.28. The van der Waals surface area contributed by atoms with Gasteiger partial charge in [-0.15, -0.1) is 0 Å². The quantitative estimate of drug-likeness (QED) is 0.871. The van der Waals surface area contributed by atoms with Gasteiger partial charge < -0.3 is 5.11 Å². The average molecular weight is 293 g/mol. The summed E-state index contributed by atoms with van der Waals surface area (Å²) in [6, 6.07) is 8.29. The molecule has 0 aliphatic heterocycles. The Labute approximate surface area is 124 Å². The van der Waals surface area contributed by atoms with Gasteiger partial charge in [0.1, 0.15) is 5.82 Å². The van der Waals surface area contributed by atoms with Gasteiger partial charge in [-0.3, -0.25) is 0 Å². The fourth-order valence-electron chi connectivity index (χ4n) is 2.61. The Balaban J connectivity index is 2.30. The zero-order valence-corrected chi connectivity index (χ0v) is 12.6. The minimum absolute atomic E-state index is 0.264. The molecule has 0 saturated heterocycles. The Kier molecular flexibility index (Phi) is 4.46. The van der Waals surface area contributed by atoms with E-state index in [9.17, 15) is 9.50 Å². The summed E-state index contributed by atoms with van der Waals surface area (Å²) in [5.41, 5.74) is 5.19. The SMILES string of the molecule is Cc1cc(C)c(CC(O)c2ccc(F)cc2Cl)c(C)c1. The van der Waals surface area contributed by atoms with E-state index in [1.807, 2.05) is 13.8 Å². The van der Waals surface area contributed by atoms with Crippen molar-refractivity contribution in [2.75, 3.05) is 0 Å². The van der Waals surface area contributed by atoms with Crippen molar-refractivity contribution in [2.45, 2.75) is 33.3 Å². The van der Waals surface area contributed by atoms with Gasteiger partial charge in [0.15, 0.2) is 0 Å². The number of benzene rings is 2. The van der Waals surface area contributed by atoms with Crippen LogP contribution in [-0.4, -0.2) is 5.11 Å². The molecule has 1 atom stereocenters. The van der Waals surface area contributed by atoms with Crippen LogP contribution in [-0.2, 0) is 6.42 Å². The maximum atomic E-state index is 13.0. The summed E-state index contributed by atoms with van der Waals surface area (Å²) in [7, 11) is 0. The van der Waals surface area contributed by atoms with E-state index in [1.54, 1.807) is 6.07 Å². The molecule has 1 nitrogen and oxygen atoms in total. The van der Waals surface area contributed by atoms with E-state index >= 15 is 0 Å². The summed E-state index contributed by atoms with van der Waals surface area (Å²) >= 11 is 6.00. The molecule has 0 aliphatic carbocycles. The maximum absolute atomic E-state index is 13.0. The van der Waals surface area contributed by atoms with Gasteiger partial charge >= 0.3 is 0 Å². The first-order chi connectivity index (χ1) is 9.38. The van der Waals surface area contributed by atoms with Crippen LogP contribution in [0, 0.1) is 26.6 Å². The summed E-state index contributed by atoms with van der Waals surface area (Å²) < 4.78 is 13.0. The van der Waals surface area contributed by atoms with Crippen molar-refractivity contribution < 1.29 is 9.50 Å². The van der Waals surface area contributed by atoms with E-state index in [-0.39, 0.29) is 5.02 Å². The third-order valence-electron chi connectivity index (χ3n) is 3.56. The molecule has 2 aromatic carbocycles. The van der Waals surface area contributed by atoms with Gasteiger partial charge in [0.2, 0.25) is 0 Å². The minimum atomic E-state index is -0.733. The van der Waals surface area contributed by atoms with Gasteiger partial charge in [0.05, 0.1) is 6.10 Å². The van der Waals surface area contributed by atoms with Crippen molar-refractivity contribution in [3.63, 3.8) is 0 Å². The van der Waals surface area contributed by atoms with E-state index in [2.05, 4.69) is 19.1 Å². The number of hydrogen-bond acceptors (Lipinski definition) is 1. The molecule has 0 heterocycles. The van der Waals surface area contributed by atoms with Crippen LogP contribution in [0.2, 0.25) is 5.02 Å². The molecule has 1 unspecified atom stereocenters. The topological polar surface area (TPSA) is 20.2 Å². The molecule has 0 radical (unpaired) electrons. The lowest BCUT2D eigenvalue weighted by Gasteiger charge is -2.17. The number of hydrogen-bond donors (Lipinski definition) is 1. The number of rotatable bonds is 3.